The van der Waals surface area contributed by atoms with Gasteiger partial charge in [0.2, 0.25) is 5.91 Å². The van der Waals surface area contributed by atoms with Gasteiger partial charge in [0.15, 0.2) is 0 Å². The summed E-state index contributed by atoms with van der Waals surface area (Å²) in [7, 11) is -3.46. The highest BCUT2D eigenvalue weighted by atomic mass is 32.2. The van der Waals surface area contributed by atoms with Gasteiger partial charge in [-0.1, -0.05) is 26.7 Å². The Labute approximate surface area is 154 Å². The number of carbonyl (C=O) groups excluding carboxylic acids is 1. The van der Waals surface area contributed by atoms with Crippen molar-refractivity contribution in [3.63, 3.8) is 0 Å². The molecule has 1 fully saturated rings. The number of carboxylic acids is 2. The number of sulfone groups is 1. The van der Waals surface area contributed by atoms with Crippen LogP contribution >= 0.6 is 0 Å². The predicted octanol–water partition coefficient (Wildman–Crippen LogP) is 0.250. The van der Waals surface area contributed by atoms with Crippen LogP contribution in [0.2, 0.25) is 0 Å². The van der Waals surface area contributed by atoms with Gasteiger partial charge in [-0.15, -0.1) is 0 Å². The average molecular weight is 394 g/mol. The molecule has 1 saturated heterocycles. The van der Waals surface area contributed by atoms with E-state index < -0.39 is 33.6 Å². The molecule has 0 radical (unpaired) electrons. The summed E-state index contributed by atoms with van der Waals surface area (Å²) in [6.07, 6.45) is 4.72. The third kappa shape index (κ3) is 10.3. The predicted molar refractivity (Wildman–Crippen MR) is 96.6 cm³/mol. The molecule has 152 valence electrons. The van der Waals surface area contributed by atoms with E-state index in [2.05, 4.69) is 10.6 Å². The summed E-state index contributed by atoms with van der Waals surface area (Å²) in [4.78, 5) is 32.8. The molecule has 1 aliphatic rings. The Hall–Kier alpha value is -1.68. The van der Waals surface area contributed by atoms with Gasteiger partial charge in [-0.2, -0.15) is 0 Å². The molecule has 0 aromatic carbocycles. The Morgan fingerprint density at radius 3 is 1.88 bits per heavy atom. The monoisotopic (exact) mass is 394 g/mol. The minimum absolute atomic E-state index is 0.250. The molecule has 10 heteroatoms. The smallest absolute Gasteiger partial charge is 0.327 e. The van der Waals surface area contributed by atoms with E-state index in [1.54, 1.807) is 0 Å². The van der Waals surface area contributed by atoms with E-state index in [9.17, 15) is 22.8 Å². The number of rotatable bonds is 10. The molecule has 1 heterocycles. The van der Waals surface area contributed by atoms with Crippen LogP contribution in [0.15, 0.2) is 0 Å². The summed E-state index contributed by atoms with van der Waals surface area (Å²) in [5.74, 6) is -3.27. The molecule has 9 nitrogen and oxygen atoms in total. The van der Waals surface area contributed by atoms with Crippen molar-refractivity contribution in [1.82, 2.24) is 10.6 Å². The Balaban J connectivity index is 0.000000735. The fourth-order valence-corrected chi connectivity index (χ4v) is 3.20. The zero-order valence-electron chi connectivity index (χ0n) is 15.5. The molecular formula is C16H30N2O7S. The number of amides is 1. The molecule has 0 aromatic rings. The van der Waals surface area contributed by atoms with Gasteiger partial charge in [-0.25, -0.2) is 13.2 Å². The number of nitrogens with one attached hydrogen (secondary N) is 2. The molecule has 1 rings (SSSR count). The van der Waals surface area contributed by atoms with Crippen LogP contribution < -0.4 is 10.6 Å². The fraction of sp³-hybridized carbons (Fsp3) is 0.812. The van der Waals surface area contributed by atoms with E-state index in [4.69, 9.17) is 10.2 Å². The van der Waals surface area contributed by atoms with Gasteiger partial charge in [-0.3, -0.25) is 9.59 Å². The van der Waals surface area contributed by atoms with E-state index in [-0.39, 0.29) is 17.9 Å². The van der Waals surface area contributed by atoms with Crippen molar-refractivity contribution in [2.45, 2.75) is 58.0 Å². The van der Waals surface area contributed by atoms with Gasteiger partial charge in [0, 0.05) is 12.2 Å². The molecule has 0 bridgehead atoms. The maximum atomic E-state index is 12.0. The van der Waals surface area contributed by atoms with Crippen LogP contribution in [0.1, 0.15) is 46.0 Å². The third-order valence-corrected chi connectivity index (χ3v) is 4.79. The Morgan fingerprint density at radius 2 is 1.65 bits per heavy atom. The number of carbonyl (C=O) groups is 3. The lowest BCUT2D eigenvalue weighted by Crippen LogP contribution is -2.48. The zero-order valence-corrected chi connectivity index (χ0v) is 16.3. The van der Waals surface area contributed by atoms with Crippen LogP contribution in [-0.4, -0.2) is 67.1 Å². The minimum Gasteiger partial charge on any atom is -0.480 e. The van der Waals surface area contributed by atoms with E-state index in [1.165, 1.54) is 0 Å². The first-order chi connectivity index (χ1) is 12.0. The summed E-state index contributed by atoms with van der Waals surface area (Å²) < 4.78 is 22.3. The lowest BCUT2D eigenvalue weighted by atomic mass is 9.97. The van der Waals surface area contributed by atoms with Crippen LogP contribution in [0, 0.1) is 5.92 Å². The molecule has 1 amide bonds. The highest BCUT2D eigenvalue weighted by Crippen LogP contribution is 2.14. The first kappa shape index (κ1) is 24.3. The second-order valence-electron chi connectivity index (χ2n) is 6.40. The molecule has 0 aromatic heterocycles. The van der Waals surface area contributed by atoms with Crippen LogP contribution in [-0.2, 0) is 24.2 Å². The van der Waals surface area contributed by atoms with Crippen LogP contribution in [0.25, 0.3) is 0 Å². The van der Waals surface area contributed by atoms with E-state index in [1.807, 2.05) is 13.8 Å². The topological polar surface area (TPSA) is 150 Å². The average Bonchev–Trinajstić information content (AvgIpc) is 2.43. The zero-order chi connectivity index (χ0) is 20.3. The fourth-order valence-electron chi connectivity index (χ4n) is 2.37. The number of aliphatic carboxylic acids is 2. The molecule has 0 saturated carbocycles. The summed E-state index contributed by atoms with van der Waals surface area (Å²) >= 11 is 0. The summed E-state index contributed by atoms with van der Waals surface area (Å²) in [5.41, 5.74) is 0. The van der Waals surface area contributed by atoms with Gasteiger partial charge < -0.3 is 20.8 Å². The van der Waals surface area contributed by atoms with Crippen molar-refractivity contribution < 1.29 is 33.0 Å². The molecule has 1 aliphatic heterocycles. The SMILES string of the molecule is CCCC(CCC)C(=O)N[C@@H](CS(C)(=O)=O)C(=O)O.O=C(O)C1CCN1. The quantitative estimate of drug-likeness (QED) is 0.412. The molecule has 26 heavy (non-hydrogen) atoms. The van der Waals surface area contributed by atoms with Crippen molar-refractivity contribution in [3.8, 4) is 0 Å². The Morgan fingerprint density at radius 1 is 1.15 bits per heavy atom. The summed E-state index contributed by atoms with van der Waals surface area (Å²) in [5, 5.41) is 22.2. The molecule has 4 N–H and O–H groups in total. The highest BCUT2D eigenvalue weighted by molar-refractivity contribution is 7.90. The van der Waals surface area contributed by atoms with Crippen molar-refractivity contribution in [2.24, 2.45) is 5.92 Å². The first-order valence-corrected chi connectivity index (χ1v) is 10.7. The third-order valence-electron chi connectivity index (χ3n) is 3.85. The Bertz CT molecular complexity index is 567. The normalized spacial score (nSPS) is 17.5. The van der Waals surface area contributed by atoms with Gasteiger partial charge in [-0.05, 0) is 25.8 Å². The molecular weight excluding hydrogens is 364 g/mol. The largest absolute Gasteiger partial charge is 0.480 e. The van der Waals surface area contributed by atoms with Crippen molar-refractivity contribution in [1.29, 1.82) is 0 Å². The number of carboxylic acid groups (broad SMARTS) is 2. The molecule has 0 spiro atoms. The second kappa shape index (κ2) is 11.8. The second-order valence-corrected chi connectivity index (χ2v) is 8.58. The van der Waals surface area contributed by atoms with Crippen LogP contribution in [0.4, 0.5) is 0 Å². The molecule has 2 atom stereocenters. The lowest BCUT2D eigenvalue weighted by molar-refractivity contribution is -0.142. The van der Waals surface area contributed by atoms with Gasteiger partial charge in [0.05, 0.1) is 5.75 Å². The van der Waals surface area contributed by atoms with Gasteiger partial charge in [0.25, 0.3) is 0 Å². The summed E-state index contributed by atoms with van der Waals surface area (Å²) in [6.45, 7) is 4.75. The number of hydrogen-bond acceptors (Lipinski definition) is 6. The lowest BCUT2D eigenvalue weighted by Gasteiger charge is -2.22. The minimum atomic E-state index is -3.46. The van der Waals surface area contributed by atoms with E-state index in [0.29, 0.717) is 12.8 Å². The number of hydrogen-bond donors (Lipinski definition) is 4. The first-order valence-electron chi connectivity index (χ1n) is 8.68. The summed E-state index contributed by atoms with van der Waals surface area (Å²) in [6, 6.07) is -1.63. The standard InChI is InChI=1S/C12H23NO5S.C4H7NO2/c1-4-6-9(7-5-2)11(14)13-10(12(15)16)8-19(3,17)18;6-4(7)3-1-2-5-3/h9-10H,4-8H2,1-3H3,(H,13,14)(H,15,16);3,5H,1-2H2,(H,6,7)/t10-;/m0./s1. The van der Waals surface area contributed by atoms with E-state index >= 15 is 0 Å². The van der Waals surface area contributed by atoms with Crippen molar-refractivity contribution in [3.05, 3.63) is 0 Å². The molecule has 1 unspecified atom stereocenters. The van der Waals surface area contributed by atoms with Crippen molar-refractivity contribution in [2.75, 3.05) is 18.6 Å². The van der Waals surface area contributed by atoms with Gasteiger partial charge in [0.1, 0.15) is 21.9 Å². The maximum absolute atomic E-state index is 12.0. The highest BCUT2D eigenvalue weighted by Gasteiger charge is 2.27. The Kier molecular flexibility index (Phi) is 11.1. The van der Waals surface area contributed by atoms with Crippen LogP contribution in [0.3, 0.4) is 0 Å². The van der Waals surface area contributed by atoms with Crippen LogP contribution in [0.5, 0.6) is 0 Å². The van der Waals surface area contributed by atoms with E-state index in [0.717, 1.165) is 32.1 Å². The molecule has 0 aliphatic carbocycles. The van der Waals surface area contributed by atoms with Gasteiger partial charge >= 0.3 is 11.9 Å². The maximum Gasteiger partial charge on any atom is 0.327 e. The van der Waals surface area contributed by atoms with Crippen molar-refractivity contribution >= 4 is 27.7 Å².